The summed E-state index contributed by atoms with van der Waals surface area (Å²) in [6, 6.07) is 0.678. The topological polar surface area (TPSA) is 51.0 Å². The second-order valence-corrected chi connectivity index (χ2v) is 6.00. The van der Waals surface area contributed by atoms with Gasteiger partial charge in [0, 0.05) is 19.0 Å². The van der Waals surface area contributed by atoms with Gasteiger partial charge in [-0.05, 0) is 12.8 Å². The molecule has 0 amide bonds. The first-order valence-corrected chi connectivity index (χ1v) is 8.44. The molecular formula is C16H29N3O. The molecule has 1 fully saturated rings. The van der Waals surface area contributed by atoms with Crippen LogP contribution in [0.4, 0.5) is 0 Å². The molecular weight excluding hydrogens is 250 g/mol. The predicted octanol–water partition coefficient (Wildman–Crippen LogP) is 3.88. The highest BCUT2D eigenvalue weighted by molar-refractivity contribution is 4.77. The SMILES string of the molecule is c1noc(CCNC2CCCCCCCCCCC2)n1. The van der Waals surface area contributed by atoms with Crippen molar-refractivity contribution >= 4 is 0 Å². The van der Waals surface area contributed by atoms with Crippen LogP contribution in [0, 0.1) is 0 Å². The fraction of sp³-hybridized carbons (Fsp3) is 0.875. The summed E-state index contributed by atoms with van der Waals surface area (Å²) in [7, 11) is 0. The van der Waals surface area contributed by atoms with E-state index < -0.39 is 0 Å². The predicted molar refractivity (Wildman–Crippen MR) is 80.6 cm³/mol. The molecule has 0 aliphatic heterocycles. The number of nitrogens with one attached hydrogen (secondary N) is 1. The largest absolute Gasteiger partial charge is 0.340 e. The van der Waals surface area contributed by atoms with Crippen LogP contribution in [-0.2, 0) is 6.42 Å². The highest BCUT2D eigenvalue weighted by Crippen LogP contribution is 2.16. The van der Waals surface area contributed by atoms with Crippen molar-refractivity contribution in [3.05, 3.63) is 12.2 Å². The van der Waals surface area contributed by atoms with Crippen LogP contribution in [0.2, 0.25) is 0 Å². The van der Waals surface area contributed by atoms with E-state index in [1.54, 1.807) is 0 Å². The van der Waals surface area contributed by atoms with Crippen LogP contribution >= 0.6 is 0 Å². The van der Waals surface area contributed by atoms with Gasteiger partial charge >= 0.3 is 0 Å². The fourth-order valence-electron chi connectivity index (χ4n) is 3.06. The first-order valence-electron chi connectivity index (χ1n) is 8.44. The zero-order valence-corrected chi connectivity index (χ0v) is 12.6. The lowest BCUT2D eigenvalue weighted by Gasteiger charge is -2.19. The monoisotopic (exact) mass is 279 g/mol. The number of hydrogen-bond donors (Lipinski definition) is 1. The quantitative estimate of drug-likeness (QED) is 0.909. The maximum Gasteiger partial charge on any atom is 0.227 e. The van der Waals surface area contributed by atoms with E-state index in [9.17, 15) is 0 Å². The molecule has 0 radical (unpaired) electrons. The van der Waals surface area contributed by atoms with Crippen molar-refractivity contribution in [2.24, 2.45) is 0 Å². The molecule has 1 aromatic heterocycles. The van der Waals surface area contributed by atoms with E-state index in [2.05, 4.69) is 15.5 Å². The molecule has 0 bridgehead atoms. The summed E-state index contributed by atoms with van der Waals surface area (Å²) in [5, 5.41) is 7.33. The number of hydrogen-bond acceptors (Lipinski definition) is 4. The zero-order valence-electron chi connectivity index (χ0n) is 12.6. The standard InChI is InChI=1S/C16H29N3O/c1-2-4-6-8-10-15(11-9-7-5-3-1)17-13-12-16-18-14-19-20-16/h14-15,17H,1-13H2. The van der Waals surface area contributed by atoms with Gasteiger partial charge in [0.25, 0.3) is 0 Å². The van der Waals surface area contributed by atoms with Gasteiger partial charge < -0.3 is 9.84 Å². The molecule has 4 heteroatoms. The highest BCUT2D eigenvalue weighted by Gasteiger charge is 2.09. The maximum absolute atomic E-state index is 5.03. The Kier molecular flexibility index (Phi) is 7.68. The van der Waals surface area contributed by atoms with Crippen molar-refractivity contribution < 1.29 is 4.52 Å². The summed E-state index contributed by atoms with van der Waals surface area (Å²) >= 11 is 0. The third-order valence-corrected chi connectivity index (χ3v) is 4.28. The normalized spacial score (nSPS) is 20.2. The van der Waals surface area contributed by atoms with Crippen LogP contribution in [0.15, 0.2) is 10.9 Å². The van der Waals surface area contributed by atoms with Crippen molar-refractivity contribution in [1.29, 1.82) is 0 Å². The molecule has 0 spiro atoms. The molecule has 1 aliphatic carbocycles. The molecule has 0 atom stereocenters. The average Bonchev–Trinajstić information content (AvgIpc) is 2.94. The van der Waals surface area contributed by atoms with Crippen LogP contribution < -0.4 is 5.32 Å². The third kappa shape index (κ3) is 6.51. The van der Waals surface area contributed by atoms with Crippen molar-refractivity contribution in [3.8, 4) is 0 Å². The summed E-state index contributed by atoms with van der Waals surface area (Å²) in [5.41, 5.74) is 0. The average molecular weight is 279 g/mol. The smallest absolute Gasteiger partial charge is 0.227 e. The molecule has 4 nitrogen and oxygen atoms in total. The molecule has 1 aromatic rings. The Morgan fingerprint density at radius 1 is 0.950 bits per heavy atom. The van der Waals surface area contributed by atoms with Gasteiger partial charge in [-0.1, -0.05) is 62.9 Å². The van der Waals surface area contributed by atoms with Gasteiger partial charge in [0.2, 0.25) is 5.89 Å². The highest BCUT2D eigenvalue weighted by atomic mass is 16.5. The minimum absolute atomic E-state index is 0.678. The maximum atomic E-state index is 5.03. The van der Waals surface area contributed by atoms with Gasteiger partial charge in [0.15, 0.2) is 6.33 Å². The Hall–Kier alpha value is -0.900. The molecule has 2 rings (SSSR count). The summed E-state index contributed by atoms with van der Waals surface area (Å²) < 4.78 is 5.03. The van der Waals surface area contributed by atoms with E-state index in [-0.39, 0.29) is 0 Å². The molecule has 1 N–H and O–H groups in total. The first-order chi connectivity index (χ1) is 9.95. The van der Waals surface area contributed by atoms with Crippen molar-refractivity contribution in [3.63, 3.8) is 0 Å². The van der Waals surface area contributed by atoms with Crippen LogP contribution in [-0.4, -0.2) is 22.7 Å². The van der Waals surface area contributed by atoms with Crippen molar-refractivity contribution in [1.82, 2.24) is 15.5 Å². The lowest BCUT2D eigenvalue weighted by molar-refractivity contribution is 0.362. The van der Waals surface area contributed by atoms with Crippen LogP contribution in [0.25, 0.3) is 0 Å². The zero-order chi connectivity index (χ0) is 13.9. The van der Waals surface area contributed by atoms with E-state index in [1.807, 2.05) is 0 Å². The van der Waals surface area contributed by atoms with Crippen molar-refractivity contribution in [2.45, 2.75) is 83.1 Å². The minimum Gasteiger partial charge on any atom is -0.340 e. The summed E-state index contributed by atoms with van der Waals surface area (Å²) in [5.74, 6) is 0.741. The molecule has 114 valence electrons. The van der Waals surface area contributed by atoms with Crippen molar-refractivity contribution in [2.75, 3.05) is 6.54 Å². The van der Waals surface area contributed by atoms with Gasteiger partial charge in [-0.3, -0.25) is 0 Å². The van der Waals surface area contributed by atoms with E-state index in [0.717, 1.165) is 18.9 Å². The summed E-state index contributed by atoms with van der Waals surface area (Å²) in [6.07, 6.45) is 17.7. The molecule has 20 heavy (non-hydrogen) atoms. The summed E-state index contributed by atoms with van der Waals surface area (Å²) in [6.45, 7) is 0.951. The van der Waals surface area contributed by atoms with Crippen LogP contribution in [0.5, 0.6) is 0 Å². The Labute approximate surface area is 122 Å². The van der Waals surface area contributed by atoms with Gasteiger partial charge in [-0.2, -0.15) is 4.98 Å². The molecule has 0 aromatic carbocycles. The third-order valence-electron chi connectivity index (χ3n) is 4.28. The summed E-state index contributed by atoms with van der Waals surface area (Å²) in [4.78, 5) is 4.06. The Balaban J connectivity index is 1.65. The number of nitrogens with zero attached hydrogens (tertiary/aromatic N) is 2. The second kappa shape index (κ2) is 9.92. The van der Waals surface area contributed by atoms with Crippen LogP contribution in [0.1, 0.15) is 76.5 Å². The Bertz CT molecular complexity index is 314. The van der Waals surface area contributed by atoms with E-state index in [0.29, 0.717) is 6.04 Å². The molecule has 1 saturated carbocycles. The number of rotatable bonds is 4. The fourth-order valence-corrected chi connectivity index (χ4v) is 3.06. The van der Waals surface area contributed by atoms with Gasteiger partial charge in [-0.15, -0.1) is 0 Å². The van der Waals surface area contributed by atoms with E-state index in [4.69, 9.17) is 4.52 Å². The lowest BCUT2D eigenvalue weighted by Crippen LogP contribution is -2.31. The molecule has 1 heterocycles. The Morgan fingerprint density at radius 3 is 2.10 bits per heavy atom. The van der Waals surface area contributed by atoms with Gasteiger partial charge in [0.1, 0.15) is 0 Å². The van der Waals surface area contributed by atoms with Gasteiger partial charge in [0.05, 0.1) is 0 Å². The molecule has 0 saturated heterocycles. The Morgan fingerprint density at radius 2 is 1.55 bits per heavy atom. The molecule has 0 unspecified atom stereocenters. The lowest BCUT2D eigenvalue weighted by atomic mass is 9.98. The second-order valence-electron chi connectivity index (χ2n) is 6.00. The first kappa shape index (κ1) is 15.5. The van der Waals surface area contributed by atoms with Gasteiger partial charge in [-0.25, -0.2) is 0 Å². The molecule has 1 aliphatic rings. The minimum atomic E-state index is 0.678. The van der Waals surface area contributed by atoms with E-state index >= 15 is 0 Å². The number of aromatic nitrogens is 2. The van der Waals surface area contributed by atoms with Crippen LogP contribution in [0.3, 0.4) is 0 Å². The van der Waals surface area contributed by atoms with E-state index in [1.165, 1.54) is 77.0 Å².